The summed E-state index contributed by atoms with van der Waals surface area (Å²) in [5.74, 6) is 2.18. The van der Waals surface area contributed by atoms with Crippen LogP contribution in [-0.4, -0.2) is 18.4 Å². The third kappa shape index (κ3) is 3.95. The van der Waals surface area contributed by atoms with Gasteiger partial charge in [0.1, 0.15) is 12.0 Å². The van der Waals surface area contributed by atoms with Crippen LogP contribution in [0.5, 0.6) is 5.75 Å². The highest BCUT2D eigenvalue weighted by Crippen LogP contribution is 2.61. The van der Waals surface area contributed by atoms with Gasteiger partial charge in [-0.05, 0) is 86.0 Å². The van der Waals surface area contributed by atoms with E-state index >= 15 is 0 Å². The Labute approximate surface area is 185 Å². The predicted octanol–water partition coefficient (Wildman–Crippen LogP) is 6.24. The van der Waals surface area contributed by atoms with Crippen molar-refractivity contribution in [3.63, 3.8) is 0 Å². The second-order valence-corrected chi connectivity index (χ2v) is 9.95. The molecule has 1 unspecified atom stereocenters. The molecule has 1 heterocycles. The molecule has 0 radical (unpaired) electrons. The number of pyridine rings is 1. The molecule has 162 valence electrons. The zero-order valence-corrected chi connectivity index (χ0v) is 18.7. The fraction of sp³-hybridized carbons (Fsp3) is 0.500. The van der Waals surface area contributed by atoms with E-state index in [-0.39, 0.29) is 0 Å². The molecule has 3 aliphatic carbocycles. The summed E-state index contributed by atoms with van der Waals surface area (Å²) in [5.41, 5.74) is 7.59. The van der Waals surface area contributed by atoms with E-state index in [9.17, 15) is 4.79 Å². The number of aldehydes is 1. The quantitative estimate of drug-likeness (QED) is 0.414. The molecule has 0 saturated heterocycles. The molecular formula is C28H33NO2. The second kappa shape index (κ2) is 8.26. The van der Waals surface area contributed by atoms with Crippen molar-refractivity contribution in [1.82, 2.24) is 4.98 Å². The first-order valence-corrected chi connectivity index (χ1v) is 11.9. The van der Waals surface area contributed by atoms with E-state index in [1.165, 1.54) is 67.5 Å². The van der Waals surface area contributed by atoms with Gasteiger partial charge in [0, 0.05) is 22.9 Å². The first-order valence-electron chi connectivity index (χ1n) is 11.9. The van der Waals surface area contributed by atoms with Crippen molar-refractivity contribution in [1.29, 1.82) is 0 Å². The van der Waals surface area contributed by atoms with Crippen LogP contribution in [0.1, 0.15) is 83.7 Å². The molecule has 1 aromatic heterocycles. The van der Waals surface area contributed by atoms with E-state index in [0.717, 1.165) is 42.8 Å². The lowest BCUT2D eigenvalue weighted by Crippen LogP contribution is -2.16. The van der Waals surface area contributed by atoms with Gasteiger partial charge in [0.2, 0.25) is 0 Å². The van der Waals surface area contributed by atoms with Gasteiger partial charge in [-0.25, -0.2) is 0 Å². The van der Waals surface area contributed by atoms with Gasteiger partial charge < -0.3 is 4.74 Å². The summed E-state index contributed by atoms with van der Waals surface area (Å²) in [6.07, 6.45) is 13.0. The Balaban J connectivity index is 1.41. The average molecular weight is 416 g/mol. The monoisotopic (exact) mass is 415 g/mol. The van der Waals surface area contributed by atoms with Gasteiger partial charge in [0.25, 0.3) is 0 Å². The molecule has 0 aliphatic heterocycles. The van der Waals surface area contributed by atoms with Crippen LogP contribution in [-0.2, 0) is 19.3 Å². The fourth-order valence-electron chi connectivity index (χ4n) is 6.00. The van der Waals surface area contributed by atoms with Crippen molar-refractivity contribution in [2.24, 2.45) is 11.3 Å². The van der Waals surface area contributed by atoms with Crippen LogP contribution < -0.4 is 4.74 Å². The van der Waals surface area contributed by atoms with Crippen LogP contribution in [0.15, 0.2) is 42.5 Å². The van der Waals surface area contributed by atoms with Crippen molar-refractivity contribution in [2.75, 3.05) is 7.11 Å². The average Bonchev–Trinajstić information content (AvgIpc) is 3.42. The Morgan fingerprint density at radius 2 is 1.97 bits per heavy atom. The highest BCUT2D eigenvalue weighted by molar-refractivity contribution is 5.75. The Morgan fingerprint density at radius 1 is 1.16 bits per heavy atom. The fourth-order valence-corrected chi connectivity index (χ4v) is 6.00. The van der Waals surface area contributed by atoms with Crippen molar-refractivity contribution in [3.8, 4) is 5.75 Å². The van der Waals surface area contributed by atoms with Gasteiger partial charge in [-0.1, -0.05) is 43.2 Å². The highest BCUT2D eigenvalue weighted by atomic mass is 16.5. The van der Waals surface area contributed by atoms with Crippen LogP contribution in [0, 0.1) is 11.3 Å². The summed E-state index contributed by atoms with van der Waals surface area (Å²) >= 11 is 0. The number of benzene rings is 1. The minimum atomic E-state index is 0.405. The predicted molar refractivity (Wildman–Crippen MR) is 124 cm³/mol. The molecule has 2 aromatic rings. The zero-order chi connectivity index (χ0) is 21.4. The molecule has 2 saturated carbocycles. The number of aryl methyl sites for hydroxylation is 2. The first kappa shape index (κ1) is 20.5. The molecule has 3 nitrogen and oxygen atoms in total. The van der Waals surface area contributed by atoms with Gasteiger partial charge in [0.05, 0.1) is 7.11 Å². The number of rotatable bonds is 6. The smallest absolute Gasteiger partial charge is 0.150 e. The van der Waals surface area contributed by atoms with E-state index in [1.54, 1.807) is 7.11 Å². The maximum absolute atomic E-state index is 11.1. The molecule has 1 spiro atoms. The number of hydrogen-bond donors (Lipinski definition) is 0. The topological polar surface area (TPSA) is 39.2 Å². The Hall–Kier alpha value is -2.42. The number of aromatic nitrogens is 1. The highest BCUT2D eigenvalue weighted by Gasteiger charge is 2.50. The lowest BCUT2D eigenvalue weighted by Gasteiger charge is -2.26. The number of methoxy groups -OCH3 is 1. The zero-order valence-electron chi connectivity index (χ0n) is 18.7. The maximum Gasteiger partial charge on any atom is 0.150 e. The Morgan fingerprint density at radius 3 is 2.68 bits per heavy atom. The molecule has 5 rings (SSSR count). The van der Waals surface area contributed by atoms with Crippen molar-refractivity contribution < 1.29 is 9.53 Å². The van der Waals surface area contributed by atoms with Gasteiger partial charge >= 0.3 is 0 Å². The molecule has 1 aromatic carbocycles. The minimum Gasteiger partial charge on any atom is -0.496 e. The molecule has 0 bridgehead atoms. The van der Waals surface area contributed by atoms with Crippen LogP contribution >= 0.6 is 0 Å². The van der Waals surface area contributed by atoms with Crippen molar-refractivity contribution >= 4 is 6.29 Å². The number of carbonyl (C=O) groups is 1. The molecule has 1 atom stereocenters. The number of allylic oxidation sites excluding steroid dienone is 1. The number of ether oxygens (including phenoxy) is 1. The largest absolute Gasteiger partial charge is 0.496 e. The van der Waals surface area contributed by atoms with E-state index in [1.807, 2.05) is 18.2 Å². The number of fused-ring (bicyclic) bond motifs is 1. The normalized spacial score (nSPS) is 22.2. The summed E-state index contributed by atoms with van der Waals surface area (Å²) in [7, 11) is 1.67. The van der Waals surface area contributed by atoms with E-state index < -0.39 is 0 Å². The summed E-state index contributed by atoms with van der Waals surface area (Å²) < 4.78 is 5.52. The summed E-state index contributed by atoms with van der Waals surface area (Å²) in [5, 5.41) is 0. The molecular weight excluding hydrogens is 382 g/mol. The third-order valence-electron chi connectivity index (χ3n) is 8.11. The van der Waals surface area contributed by atoms with Gasteiger partial charge in [-0.2, -0.15) is 0 Å². The molecule has 3 heteroatoms. The summed E-state index contributed by atoms with van der Waals surface area (Å²) in [6, 6.07) is 10.2. The lowest BCUT2D eigenvalue weighted by molar-refractivity contribution is 0.112. The molecule has 3 aliphatic rings. The van der Waals surface area contributed by atoms with E-state index in [0.29, 0.717) is 16.9 Å². The third-order valence-corrected chi connectivity index (χ3v) is 8.11. The van der Waals surface area contributed by atoms with Crippen LogP contribution in [0.3, 0.4) is 0 Å². The van der Waals surface area contributed by atoms with Crippen molar-refractivity contribution in [2.45, 2.75) is 70.1 Å². The standard InChI is InChI=1S/C28H33NO2/c1-19-15-23-10-12-24(11-9-22-8-7-20(18-30)16-26(22)31-2)29-27(23)25(17-28(19)13-14-28)21-5-3-4-6-21/h7-8,10,12,16,18,21,25H,1,3-6,9,11,13-15,17H2,2H3. The van der Waals surface area contributed by atoms with Gasteiger partial charge in [-0.15, -0.1) is 0 Å². The first-order chi connectivity index (χ1) is 15.1. The summed E-state index contributed by atoms with van der Waals surface area (Å²) in [4.78, 5) is 16.4. The van der Waals surface area contributed by atoms with Crippen LogP contribution in [0.4, 0.5) is 0 Å². The van der Waals surface area contributed by atoms with Crippen LogP contribution in [0.25, 0.3) is 0 Å². The number of nitrogens with zero attached hydrogens (tertiary/aromatic N) is 1. The van der Waals surface area contributed by atoms with Gasteiger partial charge in [0.15, 0.2) is 0 Å². The lowest BCUT2D eigenvalue weighted by atomic mass is 9.79. The van der Waals surface area contributed by atoms with E-state index in [2.05, 4.69) is 18.7 Å². The van der Waals surface area contributed by atoms with E-state index in [4.69, 9.17) is 9.72 Å². The van der Waals surface area contributed by atoms with Crippen LogP contribution in [0.2, 0.25) is 0 Å². The SMILES string of the molecule is C=C1Cc2ccc(CCc3ccc(C=O)cc3OC)nc2C(C2CCCC2)CC12CC2. The minimum absolute atomic E-state index is 0.405. The maximum atomic E-state index is 11.1. The molecule has 2 fully saturated rings. The number of carbonyl (C=O) groups excluding carboxylic acids is 1. The molecule has 0 N–H and O–H groups in total. The second-order valence-electron chi connectivity index (χ2n) is 9.95. The Kier molecular flexibility index (Phi) is 5.45. The Bertz CT molecular complexity index is 998. The molecule has 31 heavy (non-hydrogen) atoms. The van der Waals surface area contributed by atoms with Crippen molar-refractivity contribution in [3.05, 3.63) is 70.6 Å². The molecule has 0 amide bonds. The number of hydrogen-bond acceptors (Lipinski definition) is 3. The summed E-state index contributed by atoms with van der Waals surface area (Å²) in [6.45, 7) is 4.51. The van der Waals surface area contributed by atoms with Gasteiger partial charge in [-0.3, -0.25) is 9.78 Å².